The number of piperidine rings is 1. The third kappa shape index (κ3) is 5.88. The Morgan fingerprint density at radius 3 is 2.42 bits per heavy atom. The smallest absolute Gasteiger partial charge is 0.329 e. The molecule has 1 rings (SSSR count). The predicted octanol–water partition coefficient (Wildman–Crippen LogP) is 0.375. The Bertz CT molecular complexity index is 385. The standard InChI is InChI=1S/C12H23NO5S/c1-10(2)19(16,17)8-7-13-5-3-11(4-6-13)18-9-12(14)15/h10-11H,3-9H2,1-2H3,(H,14,15). The molecule has 1 heterocycles. The van der Waals surface area contributed by atoms with Gasteiger partial charge < -0.3 is 14.7 Å². The summed E-state index contributed by atoms with van der Waals surface area (Å²) >= 11 is 0. The van der Waals surface area contributed by atoms with Crippen molar-refractivity contribution in [2.24, 2.45) is 0 Å². The zero-order valence-electron chi connectivity index (χ0n) is 11.5. The van der Waals surface area contributed by atoms with Crippen LogP contribution < -0.4 is 0 Å². The SMILES string of the molecule is CC(C)S(=O)(=O)CCN1CCC(OCC(=O)O)CC1. The van der Waals surface area contributed by atoms with E-state index in [2.05, 4.69) is 4.90 Å². The van der Waals surface area contributed by atoms with Crippen LogP contribution in [0.3, 0.4) is 0 Å². The van der Waals surface area contributed by atoms with E-state index < -0.39 is 15.8 Å². The number of carboxylic acids is 1. The van der Waals surface area contributed by atoms with Crippen LogP contribution in [0.5, 0.6) is 0 Å². The number of nitrogens with zero attached hydrogens (tertiary/aromatic N) is 1. The topological polar surface area (TPSA) is 83.9 Å². The molecule has 0 aromatic rings. The number of rotatable bonds is 7. The van der Waals surface area contributed by atoms with Crippen LogP contribution in [-0.4, -0.2) is 67.7 Å². The van der Waals surface area contributed by atoms with Gasteiger partial charge in [-0.25, -0.2) is 13.2 Å². The van der Waals surface area contributed by atoms with E-state index >= 15 is 0 Å². The van der Waals surface area contributed by atoms with Gasteiger partial charge in [0.15, 0.2) is 9.84 Å². The summed E-state index contributed by atoms with van der Waals surface area (Å²) in [6.07, 6.45) is 1.50. The van der Waals surface area contributed by atoms with Crippen LogP contribution >= 0.6 is 0 Å². The van der Waals surface area contributed by atoms with Crippen LogP contribution in [0.1, 0.15) is 26.7 Å². The molecule has 1 N–H and O–H groups in total. The maximum absolute atomic E-state index is 11.7. The Morgan fingerprint density at radius 1 is 1.37 bits per heavy atom. The fourth-order valence-electron chi connectivity index (χ4n) is 1.98. The lowest BCUT2D eigenvalue weighted by Crippen LogP contribution is -2.40. The van der Waals surface area contributed by atoms with Crippen molar-refractivity contribution in [2.45, 2.75) is 38.0 Å². The molecule has 1 saturated heterocycles. The Kier molecular flexibility index (Phi) is 6.22. The Balaban J connectivity index is 2.25. The molecule has 0 amide bonds. The van der Waals surface area contributed by atoms with E-state index in [0.717, 1.165) is 25.9 Å². The number of ether oxygens (including phenoxy) is 1. The van der Waals surface area contributed by atoms with Crippen molar-refractivity contribution in [2.75, 3.05) is 32.0 Å². The fourth-order valence-corrected chi connectivity index (χ4v) is 2.96. The highest BCUT2D eigenvalue weighted by Crippen LogP contribution is 2.14. The first-order valence-corrected chi connectivity index (χ1v) is 8.30. The van der Waals surface area contributed by atoms with Gasteiger partial charge in [0.05, 0.1) is 17.1 Å². The van der Waals surface area contributed by atoms with Crippen molar-refractivity contribution in [1.82, 2.24) is 4.90 Å². The van der Waals surface area contributed by atoms with Crippen molar-refractivity contribution >= 4 is 15.8 Å². The molecule has 112 valence electrons. The van der Waals surface area contributed by atoms with Gasteiger partial charge in [-0.2, -0.15) is 0 Å². The number of likely N-dealkylation sites (tertiary alicyclic amines) is 1. The lowest BCUT2D eigenvalue weighted by molar-refractivity contribution is -0.145. The van der Waals surface area contributed by atoms with Crippen LogP contribution in [0.2, 0.25) is 0 Å². The molecule has 6 nitrogen and oxygen atoms in total. The summed E-state index contributed by atoms with van der Waals surface area (Å²) in [7, 11) is -2.98. The van der Waals surface area contributed by atoms with Crippen molar-refractivity contribution < 1.29 is 23.1 Å². The van der Waals surface area contributed by atoms with Crippen molar-refractivity contribution in [3.63, 3.8) is 0 Å². The lowest BCUT2D eigenvalue weighted by Gasteiger charge is -2.31. The fraction of sp³-hybridized carbons (Fsp3) is 0.917. The van der Waals surface area contributed by atoms with E-state index in [9.17, 15) is 13.2 Å². The number of sulfone groups is 1. The van der Waals surface area contributed by atoms with Gasteiger partial charge in [0, 0.05) is 19.6 Å². The average molecular weight is 293 g/mol. The summed E-state index contributed by atoms with van der Waals surface area (Å²) in [6, 6.07) is 0. The van der Waals surface area contributed by atoms with Gasteiger partial charge in [-0.1, -0.05) is 0 Å². The van der Waals surface area contributed by atoms with Gasteiger partial charge in [0.2, 0.25) is 0 Å². The van der Waals surface area contributed by atoms with E-state index in [1.807, 2.05) is 0 Å². The van der Waals surface area contributed by atoms with Crippen LogP contribution in [0.15, 0.2) is 0 Å². The predicted molar refractivity (Wildman–Crippen MR) is 72.0 cm³/mol. The molecular weight excluding hydrogens is 270 g/mol. The molecular formula is C12H23NO5S. The highest BCUT2D eigenvalue weighted by Gasteiger charge is 2.23. The number of carbonyl (C=O) groups is 1. The van der Waals surface area contributed by atoms with Crippen LogP contribution in [0, 0.1) is 0 Å². The molecule has 0 aromatic carbocycles. The van der Waals surface area contributed by atoms with Gasteiger partial charge in [0.1, 0.15) is 6.61 Å². The second kappa shape index (κ2) is 7.21. The molecule has 0 bridgehead atoms. The molecule has 0 radical (unpaired) electrons. The maximum atomic E-state index is 11.7. The molecule has 1 fully saturated rings. The van der Waals surface area contributed by atoms with E-state index in [1.165, 1.54) is 0 Å². The van der Waals surface area contributed by atoms with Crippen molar-refractivity contribution in [3.8, 4) is 0 Å². The zero-order chi connectivity index (χ0) is 14.5. The Labute approximate surface area is 114 Å². The number of hydrogen-bond donors (Lipinski definition) is 1. The van der Waals surface area contributed by atoms with Crippen LogP contribution in [0.4, 0.5) is 0 Å². The van der Waals surface area contributed by atoms with Crippen LogP contribution in [0.25, 0.3) is 0 Å². The second-order valence-corrected chi connectivity index (χ2v) is 7.84. The molecule has 0 spiro atoms. The molecule has 1 aliphatic rings. The van der Waals surface area contributed by atoms with Gasteiger partial charge >= 0.3 is 5.97 Å². The van der Waals surface area contributed by atoms with Gasteiger partial charge in [-0.3, -0.25) is 0 Å². The van der Waals surface area contributed by atoms with Crippen molar-refractivity contribution in [1.29, 1.82) is 0 Å². The summed E-state index contributed by atoms with van der Waals surface area (Å²) in [5, 5.41) is 8.19. The van der Waals surface area contributed by atoms with Gasteiger partial charge in [-0.05, 0) is 26.7 Å². The minimum atomic E-state index is -2.98. The zero-order valence-corrected chi connectivity index (χ0v) is 12.4. The molecule has 19 heavy (non-hydrogen) atoms. The highest BCUT2D eigenvalue weighted by atomic mass is 32.2. The summed E-state index contributed by atoms with van der Waals surface area (Å²) in [5.74, 6) is -0.767. The molecule has 7 heteroatoms. The van der Waals surface area contributed by atoms with Crippen molar-refractivity contribution in [3.05, 3.63) is 0 Å². The van der Waals surface area contributed by atoms with E-state index in [4.69, 9.17) is 9.84 Å². The minimum Gasteiger partial charge on any atom is -0.480 e. The highest BCUT2D eigenvalue weighted by molar-refractivity contribution is 7.92. The normalized spacial score (nSPS) is 18.9. The largest absolute Gasteiger partial charge is 0.480 e. The average Bonchev–Trinajstić information content (AvgIpc) is 2.35. The third-order valence-corrected chi connectivity index (χ3v) is 5.58. The minimum absolute atomic E-state index is 0.0194. The molecule has 0 saturated carbocycles. The summed E-state index contributed by atoms with van der Waals surface area (Å²) in [6.45, 7) is 5.21. The monoisotopic (exact) mass is 293 g/mol. The molecule has 0 unspecified atom stereocenters. The summed E-state index contributed by atoms with van der Waals surface area (Å²) in [5.41, 5.74) is 0. The quantitative estimate of drug-likeness (QED) is 0.730. The number of carboxylic acid groups (broad SMARTS) is 1. The second-order valence-electron chi connectivity index (χ2n) is 5.16. The van der Waals surface area contributed by atoms with Gasteiger partial charge in [-0.15, -0.1) is 0 Å². The lowest BCUT2D eigenvalue weighted by atomic mass is 10.1. The van der Waals surface area contributed by atoms with Gasteiger partial charge in [0.25, 0.3) is 0 Å². The van der Waals surface area contributed by atoms with E-state index in [1.54, 1.807) is 13.8 Å². The first-order chi connectivity index (χ1) is 8.81. The summed E-state index contributed by atoms with van der Waals surface area (Å²) in [4.78, 5) is 12.5. The maximum Gasteiger partial charge on any atom is 0.329 e. The van der Waals surface area contributed by atoms with Crippen LogP contribution in [-0.2, 0) is 19.4 Å². The first kappa shape index (κ1) is 16.4. The molecule has 0 atom stereocenters. The number of hydrogen-bond acceptors (Lipinski definition) is 5. The Morgan fingerprint density at radius 2 is 1.95 bits per heavy atom. The van der Waals surface area contributed by atoms with E-state index in [-0.39, 0.29) is 23.7 Å². The third-order valence-electron chi connectivity index (χ3n) is 3.39. The van der Waals surface area contributed by atoms with E-state index in [0.29, 0.717) is 6.54 Å². The summed E-state index contributed by atoms with van der Waals surface area (Å²) < 4.78 is 28.6. The molecule has 1 aliphatic heterocycles. The molecule has 0 aromatic heterocycles. The number of aliphatic carboxylic acids is 1. The Hall–Kier alpha value is -0.660. The molecule has 0 aliphatic carbocycles. The first-order valence-electron chi connectivity index (χ1n) is 6.58.